The number of hydrogen-bond donors (Lipinski definition) is 2. The van der Waals surface area contributed by atoms with Gasteiger partial charge >= 0.3 is 0 Å². The number of carbonyl (C=O) groups excluding carboxylic acids is 3. The number of likely N-dealkylation sites (tertiary alicyclic amines) is 3. The lowest BCUT2D eigenvalue weighted by Crippen LogP contribution is -2.42. The molecule has 3 aliphatic heterocycles. The Labute approximate surface area is 596 Å². The van der Waals surface area contributed by atoms with Crippen molar-refractivity contribution in [3.63, 3.8) is 0 Å². The fraction of sp³-hybridized carbons (Fsp3) is 0.290. The first-order valence-electron chi connectivity index (χ1n) is 31.1. The average molecular weight is 1470 g/mol. The smallest absolute Gasteiger partial charge is 0.245 e. The Morgan fingerprint density at radius 2 is 0.859 bits per heavy atom. The molecule has 516 valence electrons. The minimum Gasteiger partial charge on any atom is -0.493 e. The van der Waals surface area contributed by atoms with Crippen LogP contribution in [0.15, 0.2) is 117 Å². The van der Waals surface area contributed by atoms with E-state index in [9.17, 15) is 23.2 Å². The quantitative estimate of drug-likeness (QED) is 0.0535. The minimum absolute atomic E-state index is 0.00707. The van der Waals surface area contributed by atoms with E-state index in [1.54, 1.807) is 63.1 Å². The molecule has 6 aromatic carbocycles. The van der Waals surface area contributed by atoms with Gasteiger partial charge in [0.15, 0.2) is 51.9 Å². The standard InChI is InChI=1S/C46H42Cl4F2N8O6.C23H21Cl2FN4O3/c1-4-39(61)58-14-9-25(10-15-58)66-38-20-28-33(22-36(38)64-3)54-24-56-46(28)60(34-8-6-30(48)42(50)44(34)52)18-13-40(62)59-16-11-26(12-17-59)65-37-19-27-32(21-35(37)63-2)53-23-55-45(27)57-31-7-5-29(47)41(49)43(31)51;1-3-20(31)30-8-6-13(7-9-30)33-19-10-14-17(11-18(19)32-2)27-12-28-23(14)29-16-5-4-15(24)21(25)22(16)26/h4-8,19-26H,1,9-18H2,2-3H3,(H,53,55,57);3-5,10-13H,1,6-9H2,2H3,(H,27,28,29). The summed E-state index contributed by atoms with van der Waals surface area (Å²) in [5, 5.41) is 7.13. The molecule has 0 saturated carbocycles. The van der Waals surface area contributed by atoms with E-state index < -0.39 is 17.5 Å². The maximum atomic E-state index is 16.1. The summed E-state index contributed by atoms with van der Waals surface area (Å²) in [6.07, 6.45) is 9.55. The maximum Gasteiger partial charge on any atom is 0.245 e. The Bertz CT molecular complexity index is 4570. The molecule has 21 nitrogen and oxygen atoms in total. The second kappa shape index (κ2) is 31.9. The van der Waals surface area contributed by atoms with E-state index in [1.165, 1.54) is 81.8 Å². The van der Waals surface area contributed by atoms with Crippen LogP contribution < -0.4 is 44.0 Å². The summed E-state index contributed by atoms with van der Waals surface area (Å²) in [5.74, 6) is 1.09. The van der Waals surface area contributed by atoms with Crippen LogP contribution in [0.2, 0.25) is 30.1 Å². The fourth-order valence-electron chi connectivity index (χ4n) is 11.7. The predicted molar refractivity (Wildman–Crippen MR) is 377 cm³/mol. The number of benzene rings is 6. The second-order valence-electron chi connectivity index (χ2n) is 22.9. The highest BCUT2D eigenvalue weighted by molar-refractivity contribution is 6.43. The van der Waals surface area contributed by atoms with E-state index >= 15 is 4.39 Å². The number of methoxy groups -OCH3 is 3. The zero-order chi connectivity index (χ0) is 70.2. The van der Waals surface area contributed by atoms with Gasteiger partial charge in [0, 0.05) is 125 Å². The van der Waals surface area contributed by atoms with Gasteiger partial charge in [0.05, 0.1) is 85.1 Å². The molecule has 30 heteroatoms. The molecule has 99 heavy (non-hydrogen) atoms. The van der Waals surface area contributed by atoms with Crippen molar-refractivity contribution >= 4 is 155 Å². The van der Waals surface area contributed by atoms with Gasteiger partial charge in [-0.3, -0.25) is 14.4 Å². The van der Waals surface area contributed by atoms with Crippen molar-refractivity contribution in [1.29, 1.82) is 0 Å². The third-order valence-electron chi connectivity index (χ3n) is 17.0. The van der Waals surface area contributed by atoms with Gasteiger partial charge < -0.3 is 58.7 Å². The molecule has 12 rings (SSSR count). The Balaban J connectivity index is 0.000000250. The van der Waals surface area contributed by atoms with E-state index in [2.05, 4.69) is 53.7 Å². The minimum atomic E-state index is -0.785. The Morgan fingerprint density at radius 1 is 0.495 bits per heavy atom. The highest BCUT2D eigenvalue weighted by Gasteiger charge is 2.31. The first kappa shape index (κ1) is 71.3. The molecular weight excluding hydrogens is 1410 g/mol. The van der Waals surface area contributed by atoms with Crippen LogP contribution in [-0.2, 0) is 14.4 Å². The van der Waals surface area contributed by atoms with Gasteiger partial charge in [0.1, 0.15) is 54.7 Å². The molecule has 2 N–H and O–H groups in total. The molecule has 0 aliphatic carbocycles. The molecule has 6 heterocycles. The van der Waals surface area contributed by atoms with E-state index in [-0.39, 0.29) is 96.2 Å². The molecule has 0 bridgehead atoms. The first-order chi connectivity index (χ1) is 47.8. The van der Waals surface area contributed by atoms with Crippen molar-refractivity contribution in [3.05, 3.63) is 165 Å². The lowest BCUT2D eigenvalue weighted by atomic mass is 10.1. The van der Waals surface area contributed by atoms with Crippen LogP contribution in [0.5, 0.6) is 34.5 Å². The molecule has 3 saturated heterocycles. The van der Waals surface area contributed by atoms with Gasteiger partial charge in [-0.15, -0.1) is 0 Å². The van der Waals surface area contributed by atoms with Crippen molar-refractivity contribution in [2.24, 2.45) is 0 Å². The van der Waals surface area contributed by atoms with Crippen LogP contribution in [0.4, 0.5) is 47.7 Å². The summed E-state index contributed by atoms with van der Waals surface area (Å²) in [6.45, 7) is 10.1. The van der Waals surface area contributed by atoms with Crippen LogP contribution >= 0.6 is 69.6 Å². The van der Waals surface area contributed by atoms with Crippen LogP contribution in [0, 0.1) is 17.5 Å². The Kier molecular flexibility index (Phi) is 22.9. The number of hydrogen-bond acceptors (Lipinski definition) is 18. The van der Waals surface area contributed by atoms with Crippen molar-refractivity contribution in [2.45, 2.75) is 63.3 Å². The predicted octanol–water partition coefficient (Wildman–Crippen LogP) is 15.8. The molecule has 3 amide bonds. The lowest BCUT2D eigenvalue weighted by molar-refractivity contribution is -0.133. The first-order valence-corrected chi connectivity index (χ1v) is 33.4. The van der Waals surface area contributed by atoms with Crippen molar-refractivity contribution in [2.75, 3.05) is 82.7 Å². The molecule has 3 fully saturated rings. The van der Waals surface area contributed by atoms with Gasteiger partial charge in [0.2, 0.25) is 17.7 Å². The normalized spacial score (nSPS) is 14.5. The zero-order valence-electron chi connectivity index (χ0n) is 53.4. The van der Waals surface area contributed by atoms with E-state index in [0.717, 1.165) is 0 Å². The van der Waals surface area contributed by atoms with Gasteiger partial charge in [-0.2, -0.15) is 0 Å². The Hall–Kier alpha value is -9.04. The summed E-state index contributed by atoms with van der Waals surface area (Å²) in [4.78, 5) is 71.1. The molecule has 0 unspecified atom stereocenters. The monoisotopic (exact) mass is 1470 g/mol. The molecule has 0 atom stereocenters. The fourth-order valence-corrected chi connectivity index (χ4v) is 12.6. The summed E-state index contributed by atoms with van der Waals surface area (Å²) in [6, 6.07) is 19.3. The highest BCUT2D eigenvalue weighted by Crippen LogP contribution is 2.44. The molecule has 3 aromatic heterocycles. The molecule has 3 aliphatic rings. The number of halogens is 9. The molecular formula is C69H63Cl6F3N12O9. The van der Waals surface area contributed by atoms with E-state index in [0.29, 0.717) is 162 Å². The third-order valence-corrected chi connectivity index (χ3v) is 19.3. The Morgan fingerprint density at radius 3 is 1.26 bits per heavy atom. The summed E-state index contributed by atoms with van der Waals surface area (Å²) >= 11 is 36.4. The van der Waals surface area contributed by atoms with E-state index in [4.69, 9.17) is 98.0 Å². The average Bonchev–Trinajstić information content (AvgIpc) is 0.787. The van der Waals surface area contributed by atoms with Gasteiger partial charge in [-0.05, 0) is 66.7 Å². The second-order valence-corrected chi connectivity index (χ2v) is 25.2. The van der Waals surface area contributed by atoms with Crippen LogP contribution in [0.1, 0.15) is 44.9 Å². The topological polar surface area (TPSA) is 221 Å². The highest BCUT2D eigenvalue weighted by atomic mass is 35.5. The number of nitrogens with zero attached hydrogens (tertiary/aromatic N) is 10. The number of amides is 3. The lowest BCUT2D eigenvalue weighted by Gasteiger charge is -2.33. The number of carbonyl (C=O) groups is 3. The van der Waals surface area contributed by atoms with Crippen LogP contribution in [0.3, 0.4) is 0 Å². The largest absolute Gasteiger partial charge is 0.493 e. The maximum absolute atomic E-state index is 16.1. The van der Waals surface area contributed by atoms with Gasteiger partial charge in [0.25, 0.3) is 0 Å². The molecule has 0 spiro atoms. The number of piperidine rings is 3. The van der Waals surface area contributed by atoms with Crippen LogP contribution in [0.25, 0.3) is 32.7 Å². The van der Waals surface area contributed by atoms with Crippen LogP contribution in [-0.4, -0.2) is 148 Å². The van der Waals surface area contributed by atoms with Gasteiger partial charge in [-0.1, -0.05) is 82.8 Å². The van der Waals surface area contributed by atoms with Crippen molar-refractivity contribution < 1.29 is 56.0 Å². The number of fused-ring (bicyclic) bond motifs is 3. The summed E-state index contributed by atoms with van der Waals surface area (Å²) in [7, 11) is 4.58. The van der Waals surface area contributed by atoms with Gasteiger partial charge in [-0.25, -0.2) is 43.1 Å². The number of anilines is 6. The molecule has 0 radical (unpaired) electrons. The summed E-state index contributed by atoms with van der Waals surface area (Å²) in [5.41, 5.74) is 1.84. The van der Waals surface area contributed by atoms with Crippen molar-refractivity contribution in [3.8, 4) is 34.5 Å². The zero-order valence-corrected chi connectivity index (χ0v) is 57.9. The number of ether oxygens (including phenoxy) is 6. The SMILES string of the molecule is C=CC(=O)N1CCC(Oc2cc3c(N(CCC(=O)N4CCC(Oc5cc6c(Nc7ccc(Cl)c(Cl)c7F)ncnc6cc5OC)CC4)c4ccc(Cl)c(Cl)c4F)ncnc3cc2OC)CC1.C=CC(=O)N1CCC(Oc2cc3c(Nc4ccc(Cl)c(Cl)c4F)ncnc3cc2OC)CC1. The van der Waals surface area contributed by atoms with E-state index in [1.807, 2.05) is 0 Å². The number of aromatic nitrogens is 6. The summed E-state index contributed by atoms with van der Waals surface area (Å²) < 4.78 is 81.6. The number of nitrogens with one attached hydrogen (secondary N) is 2. The third kappa shape index (κ3) is 16.0. The number of rotatable bonds is 20. The molecule has 9 aromatic rings. The van der Waals surface area contributed by atoms with Crippen molar-refractivity contribution in [1.82, 2.24) is 44.6 Å².